The maximum atomic E-state index is 12.4. The van der Waals surface area contributed by atoms with Crippen LogP contribution in [0.15, 0.2) is 0 Å². The Bertz CT molecular complexity index is 662. The van der Waals surface area contributed by atoms with Gasteiger partial charge in [0.15, 0.2) is 11.0 Å². The molecule has 0 unspecified atom stereocenters. The number of nitrogens with one attached hydrogen (secondary N) is 2. The molecule has 2 rings (SSSR count). The van der Waals surface area contributed by atoms with Gasteiger partial charge >= 0.3 is 11.8 Å². The van der Waals surface area contributed by atoms with Gasteiger partial charge < -0.3 is 25.7 Å². The number of imidazole rings is 1. The van der Waals surface area contributed by atoms with E-state index >= 15 is 0 Å². The molecule has 4 N–H and O–H groups in total. The number of aryl methyl sites for hydroxylation is 1. The smallest absolute Gasteiger partial charge is 0.311 e. The molecule has 1 aromatic heterocycles. The first-order valence-electron chi connectivity index (χ1n) is 8.12. The maximum Gasteiger partial charge on any atom is 0.311 e. The van der Waals surface area contributed by atoms with Crippen molar-refractivity contribution in [2.75, 3.05) is 19.7 Å². The second-order valence-electron chi connectivity index (χ2n) is 5.69. The van der Waals surface area contributed by atoms with Crippen LogP contribution in [0.5, 0.6) is 0 Å². The summed E-state index contributed by atoms with van der Waals surface area (Å²) in [5.74, 6) is -2.02. The van der Waals surface area contributed by atoms with Crippen molar-refractivity contribution in [3.05, 3.63) is 16.7 Å². The molecule has 2 heterocycles. The molecule has 0 aliphatic carbocycles. The lowest BCUT2D eigenvalue weighted by molar-refractivity contribution is -0.147. The molecule has 1 aromatic rings. The molecule has 1 aliphatic rings. The fourth-order valence-corrected chi connectivity index (χ4v) is 3.04. The van der Waals surface area contributed by atoms with Gasteiger partial charge in [-0.2, -0.15) is 0 Å². The van der Waals surface area contributed by atoms with Crippen LogP contribution in [0.25, 0.3) is 0 Å². The van der Waals surface area contributed by atoms with Gasteiger partial charge in [0.2, 0.25) is 0 Å². The summed E-state index contributed by atoms with van der Waals surface area (Å²) in [6.45, 7) is 4.60. The zero-order valence-corrected chi connectivity index (χ0v) is 14.9. The zero-order chi connectivity index (χ0) is 18.6. The van der Waals surface area contributed by atoms with E-state index in [1.807, 2.05) is 13.8 Å². The first-order chi connectivity index (χ1) is 11.9. The van der Waals surface area contributed by atoms with E-state index in [0.717, 1.165) is 0 Å². The molecular formula is C15H22ClN5O4. The summed E-state index contributed by atoms with van der Waals surface area (Å²) in [7, 11) is 0. The Balaban J connectivity index is 2.05. The van der Waals surface area contributed by atoms with Crippen LogP contribution in [0.1, 0.15) is 36.6 Å². The standard InChI is InChI=1S/C15H22ClN5O4/c1-3-8-11(16)20-13(18-8)14(23)19-9-5-6-21(15(24)12(17)22)7-10(9)25-4-2/h9-10H,3-7H2,1-2H3,(H2,17,22)(H,18,20)(H,19,23)/t9-,10+/m1/s1. The molecule has 25 heavy (non-hydrogen) atoms. The monoisotopic (exact) mass is 371 g/mol. The van der Waals surface area contributed by atoms with Crippen molar-refractivity contribution in [2.45, 2.75) is 38.8 Å². The number of rotatable bonds is 5. The number of amides is 3. The number of ether oxygens (including phenoxy) is 1. The van der Waals surface area contributed by atoms with Gasteiger partial charge in [0.25, 0.3) is 5.91 Å². The first-order valence-corrected chi connectivity index (χ1v) is 8.50. The molecule has 10 heteroatoms. The van der Waals surface area contributed by atoms with E-state index < -0.39 is 23.8 Å². The van der Waals surface area contributed by atoms with Crippen LogP contribution in [-0.4, -0.2) is 64.4 Å². The Hall–Kier alpha value is -2.13. The fraction of sp³-hybridized carbons (Fsp3) is 0.600. The number of hydrogen-bond donors (Lipinski definition) is 3. The van der Waals surface area contributed by atoms with Crippen LogP contribution in [-0.2, 0) is 20.7 Å². The van der Waals surface area contributed by atoms with Crippen molar-refractivity contribution in [2.24, 2.45) is 5.73 Å². The number of nitrogens with zero attached hydrogens (tertiary/aromatic N) is 2. The van der Waals surface area contributed by atoms with Gasteiger partial charge in [-0.25, -0.2) is 4.98 Å². The third-order valence-corrected chi connectivity index (χ3v) is 4.36. The predicted molar refractivity (Wildman–Crippen MR) is 90.0 cm³/mol. The van der Waals surface area contributed by atoms with Gasteiger partial charge in [0.05, 0.1) is 17.8 Å². The summed E-state index contributed by atoms with van der Waals surface area (Å²) in [6, 6.07) is -0.321. The second kappa shape index (κ2) is 8.30. The van der Waals surface area contributed by atoms with Gasteiger partial charge in [0.1, 0.15) is 0 Å². The van der Waals surface area contributed by atoms with Gasteiger partial charge in [-0.1, -0.05) is 18.5 Å². The average molecular weight is 372 g/mol. The van der Waals surface area contributed by atoms with Crippen LogP contribution in [0.2, 0.25) is 5.15 Å². The quantitative estimate of drug-likeness (QED) is 0.619. The Labute approximate surface area is 150 Å². The van der Waals surface area contributed by atoms with E-state index in [0.29, 0.717) is 31.7 Å². The summed E-state index contributed by atoms with van der Waals surface area (Å²) in [5, 5.41) is 3.13. The summed E-state index contributed by atoms with van der Waals surface area (Å²) in [4.78, 5) is 43.5. The molecule has 0 spiro atoms. The minimum atomic E-state index is -1.00. The van der Waals surface area contributed by atoms with Crippen molar-refractivity contribution < 1.29 is 19.1 Å². The van der Waals surface area contributed by atoms with Crippen LogP contribution < -0.4 is 11.1 Å². The highest BCUT2D eigenvalue weighted by Gasteiger charge is 2.34. The van der Waals surface area contributed by atoms with Crippen LogP contribution in [0.4, 0.5) is 0 Å². The molecule has 1 saturated heterocycles. The molecule has 3 amide bonds. The molecule has 138 valence electrons. The SMILES string of the molecule is CCO[C@H]1CN(C(=O)C(N)=O)CC[C@H]1NC(=O)c1nc(Cl)c(CC)[nH]1. The van der Waals surface area contributed by atoms with E-state index in [4.69, 9.17) is 22.1 Å². The number of halogens is 1. The Morgan fingerprint density at radius 1 is 1.44 bits per heavy atom. The summed E-state index contributed by atoms with van der Waals surface area (Å²) in [6.07, 6.45) is 0.626. The summed E-state index contributed by atoms with van der Waals surface area (Å²) < 4.78 is 5.63. The zero-order valence-electron chi connectivity index (χ0n) is 14.2. The third-order valence-electron chi connectivity index (χ3n) is 4.05. The highest BCUT2D eigenvalue weighted by Crippen LogP contribution is 2.17. The number of likely N-dealkylation sites (tertiary alicyclic amines) is 1. The van der Waals surface area contributed by atoms with E-state index in [2.05, 4.69) is 15.3 Å². The van der Waals surface area contributed by atoms with Crippen molar-refractivity contribution in [3.63, 3.8) is 0 Å². The number of aromatic nitrogens is 2. The lowest BCUT2D eigenvalue weighted by Crippen LogP contribution is -2.57. The van der Waals surface area contributed by atoms with Crippen molar-refractivity contribution in [1.29, 1.82) is 0 Å². The third kappa shape index (κ3) is 4.49. The number of carbonyl (C=O) groups excluding carboxylic acids is 3. The van der Waals surface area contributed by atoms with Crippen molar-refractivity contribution >= 4 is 29.3 Å². The molecule has 0 aromatic carbocycles. The highest BCUT2D eigenvalue weighted by atomic mass is 35.5. The normalized spacial score (nSPS) is 20.4. The minimum absolute atomic E-state index is 0.132. The molecule has 0 radical (unpaired) electrons. The number of hydrogen-bond acceptors (Lipinski definition) is 5. The van der Waals surface area contributed by atoms with Gasteiger partial charge in [-0.3, -0.25) is 14.4 Å². The highest BCUT2D eigenvalue weighted by molar-refractivity contribution is 6.34. The topological polar surface area (TPSA) is 130 Å². The average Bonchev–Trinajstić information content (AvgIpc) is 2.96. The molecule has 0 saturated carbocycles. The fourth-order valence-electron chi connectivity index (χ4n) is 2.77. The van der Waals surface area contributed by atoms with Crippen LogP contribution in [0, 0.1) is 0 Å². The van der Waals surface area contributed by atoms with Gasteiger partial charge in [-0.05, 0) is 19.8 Å². The number of aromatic amines is 1. The van der Waals surface area contributed by atoms with Gasteiger partial charge in [0, 0.05) is 19.7 Å². The van der Waals surface area contributed by atoms with Crippen LogP contribution in [0.3, 0.4) is 0 Å². The summed E-state index contributed by atoms with van der Waals surface area (Å²) >= 11 is 5.96. The molecule has 9 nitrogen and oxygen atoms in total. The molecule has 1 fully saturated rings. The number of piperidine rings is 1. The van der Waals surface area contributed by atoms with E-state index in [1.54, 1.807) is 0 Å². The number of primary amides is 1. The van der Waals surface area contributed by atoms with Crippen LogP contribution >= 0.6 is 11.6 Å². The summed E-state index contributed by atoms with van der Waals surface area (Å²) in [5.41, 5.74) is 5.73. The second-order valence-corrected chi connectivity index (χ2v) is 6.04. The number of H-pyrrole nitrogens is 1. The van der Waals surface area contributed by atoms with Crippen molar-refractivity contribution in [3.8, 4) is 0 Å². The van der Waals surface area contributed by atoms with E-state index in [9.17, 15) is 14.4 Å². The first kappa shape index (κ1) is 19.2. The number of nitrogens with two attached hydrogens (primary N) is 1. The lowest BCUT2D eigenvalue weighted by atomic mass is 10.0. The molecule has 0 bridgehead atoms. The largest absolute Gasteiger partial charge is 0.375 e. The Morgan fingerprint density at radius 2 is 2.16 bits per heavy atom. The lowest BCUT2D eigenvalue weighted by Gasteiger charge is -2.37. The van der Waals surface area contributed by atoms with E-state index in [1.165, 1.54) is 4.90 Å². The van der Waals surface area contributed by atoms with Gasteiger partial charge in [-0.15, -0.1) is 0 Å². The Morgan fingerprint density at radius 3 is 2.72 bits per heavy atom. The molecule has 2 atom stereocenters. The van der Waals surface area contributed by atoms with E-state index in [-0.39, 0.29) is 23.6 Å². The minimum Gasteiger partial charge on any atom is -0.375 e. The Kier molecular flexibility index (Phi) is 6.38. The molecule has 1 aliphatic heterocycles. The predicted octanol–water partition coefficient (Wildman–Crippen LogP) is -0.153. The molecular weight excluding hydrogens is 350 g/mol. The number of carbonyl (C=O) groups is 3. The maximum absolute atomic E-state index is 12.4. The van der Waals surface area contributed by atoms with Crippen molar-refractivity contribution in [1.82, 2.24) is 20.2 Å².